The fourth-order valence-electron chi connectivity index (χ4n) is 4.00. The fourth-order valence-corrected chi connectivity index (χ4v) is 4.00. The summed E-state index contributed by atoms with van der Waals surface area (Å²) in [6.07, 6.45) is 8.29. The molecule has 11 heteroatoms. The molecule has 192 valence electrons. The Morgan fingerprint density at radius 1 is 1.18 bits per heavy atom. The van der Waals surface area contributed by atoms with Crippen molar-refractivity contribution in [3.8, 4) is 11.8 Å². The number of anilines is 2. The Kier molecular flexibility index (Phi) is 6.46. The molecule has 0 spiro atoms. The number of hydrogen-bond donors (Lipinski definition) is 2. The number of halogens is 3. The highest BCUT2D eigenvalue weighted by Crippen LogP contribution is 2.29. The highest BCUT2D eigenvalue weighted by atomic mass is 19.4. The predicted molar refractivity (Wildman–Crippen MR) is 136 cm³/mol. The summed E-state index contributed by atoms with van der Waals surface area (Å²) in [6, 6.07) is 3.95. The number of carbonyl (C=O) groups is 1. The highest BCUT2D eigenvalue weighted by Gasteiger charge is 2.31. The molecule has 1 amide bonds. The number of alkyl halides is 3. The average molecular weight is 518 g/mol. The number of aromatic nitrogens is 5. The maximum atomic E-state index is 13.0. The van der Waals surface area contributed by atoms with Crippen LogP contribution >= 0.6 is 0 Å². The molecule has 0 radical (unpaired) electrons. The smallest absolute Gasteiger partial charge is 0.345 e. The molecule has 3 aromatic heterocycles. The van der Waals surface area contributed by atoms with Crippen LogP contribution in [0.3, 0.4) is 0 Å². The van der Waals surface area contributed by atoms with E-state index in [1.54, 1.807) is 29.5 Å². The second-order valence-corrected chi connectivity index (χ2v) is 8.75. The molecule has 1 aliphatic rings. The largest absolute Gasteiger partial charge is 0.416 e. The first-order chi connectivity index (χ1) is 18.2. The molecule has 1 aliphatic carbocycles. The second kappa shape index (κ2) is 9.89. The van der Waals surface area contributed by atoms with Crippen molar-refractivity contribution in [2.75, 3.05) is 5.32 Å². The van der Waals surface area contributed by atoms with Crippen molar-refractivity contribution >= 4 is 23.1 Å². The lowest BCUT2D eigenvalue weighted by atomic mass is 9.96. The summed E-state index contributed by atoms with van der Waals surface area (Å²) in [5.41, 5.74) is 2.74. The minimum atomic E-state index is -4.52. The third kappa shape index (κ3) is 5.29. The quantitative estimate of drug-likeness (QED) is 0.385. The second-order valence-electron chi connectivity index (χ2n) is 8.75. The SMILES string of the molecule is CC1=CCC(NC(=O)c2cccc(C(F)(F)F)c2)C=C1C#Cc1cnc2c(Nc3cnn(C)c3)nccn12. The Morgan fingerprint density at radius 3 is 2.79 bits per heavy atom. The molecule has 1 unspecified atom stereocenters. The molecule has 0 saturated heterocycles. The number of allylic oxidation sites excluding steroid dienone is 2. The number of aryl methyl sites for hydroxylation is 1. The number of imidazole rings is 1. The first-order valence-corrected chi connectivity index (χ1v) is 11.6. The molecule has 38 heavy (non-hydrogen) atoms. The minimum Gasteiger partial charge on any atom is -0.345 e. The summed E-state index contributed by atoms with van der Waals surface area (Å²) in [5.74, 6) is 6.23. The zero-order valence-corrected chi connectivity index (χ0v) is 20.4. The number of nitrogens with zero attached hydrogens (tertiary/aromatic N) is 5. The molecule has 3 heterocycles. The molecule has 4 aromatic rings. The van der Waals surface area contributed by atoms with E-state index in [1.807, 2.05) is 36.7 Å². The summed E-state index contributed by atoms with van der Waals surface area (Å²) >= 11 is 0. The molecule has 0 fully saturated rings. The fraction of sp³-hybridized carbons (Fsp3) is 0.185. The normalized spacial score (nSPS) is 15.3. The van der Waals surface area contributed by atoms with Gasteiger partial charge in [0.15, 0.2) is 11.5 Å². The number of nitrogens with one attached hydrogen (secondary N) is 2. The van der Waals surface area contributed by atoms with Crippen LogP contribution < -0.4 is 10.6 Å². The van der Waals surface area contributed by atoms with Gasteiger partial charge in [-0.2, -0.15) is 18.3 Å². The standard InChI is InChI=1S/C27H22F3N7O/c1-17-6-8-21(35-26(38)19-4-3-5-20(12-19)27(28,29)30)13-18(17)7-9-23-15-32-25-24(31-10-11-37(23)25)34-22-14-33-36(2)16-22/h3-6,10-16,21H,8H2,1-2H3,(H,31,34)(H,35,38). The minimum absolute atomic E-state index is 0.0535. The van der Waals surface area contributed by atoms with Gasteiger partial charge in [-0.15, -0.1) is 0 Å². The average Bonchev–Trinajstić information content (AvgIpc) is 3.50. The maximum absolute atomic E-state index is 13.0. The summed E-state index contributed by atoms with van der Waals surface area (Å²) in [4.78, 5) is 21.5. The molecule has 1 atom stereocenters. The number of amides is 1. The van der Waals surface area contributed by atoms with Crippen molar-refractivity contribution in [1.29, 1.82) is 0 Å². The highest BCUT2D eigenvalue weighted by molar-refractivity contribution is 5.94. The Bertz CT molecular complexity index is 1650. The summed E-state index contributed by atoms with van der Waals surface area (Å²) in [7, 11) is 1.82. The number of hydrogen-bond acceptors (Lipinski definition) is 5. The Hall–Kier alpha value is -4.85. The lowest BCUT2D eigenvalue weighted by Gasteiger charge is -2.19. The van der Waals surface area contributed by atoms with E-state index in [-0.39, 0.29) is 5.56 Å². The van der Waals surface area contributed by atoms with E-state index in [0.717, 1.165) is 23.4 Å². The van der Waals surface area contributed by atoms with Crippen LogP contribution in [0.25, 0.3) is 5.65 Å². The van der Waals surface area contributed by atoms with E-state index in [9.17, 15) is 18.0 Å². The zero-order chi connectivity index (χ0) is 26.9. The monoisotopic (exact) mass is 517 g/mol. The van der Waals surface area contributed by atoms with Crippen LogP contribution in [0.5, 0.6) is 0 Å². The van der Waals surface area contributed by atoms with Gasteiger partial charge in [-0.25, -0.2) is 9.97 Å². The Morgan fingerprint density at radius 2 is 2.03 bits per heavy atom. The summed E-state index contributed by atoms with van der Waals surface area (Å²) in [5, 5.41) is 10.1. The third-order valence-electron chi connectivity index (χ3n) is 5.96. The maximum Gasteiger partial charge on any atom is 0.416 e. The van der Waals surface area contributed by atoms with E-state index in [2.05, 4.69) is 37.5 Å². The van der Waals surface area contributed by atoms with E-state index < -0.39 is 23.7 Å². The Labute approximate surface area is 215 Å². The molecule has 2 N–H and O–H groups in total. The van der Waals surface area contributed by atoms with Crippen LogP contribution in [-0.2, 0) is 13.2 Å². The molecular weight excluding hydrogens is 495 g/mol. The lowest BCUT2D eigenvalue weighted by molar-refractivity contribution is -0.137. The zero-order valence-electron chi connectivity index (χ0n) is 20.4. The third-order valence-corrected chi connectivity index (χ3v) is 5.96. The van der Waals surface area contributed by atoms with Gasteiger partial charge < -0.3 is 10.6 Å². The number of fused-ring (bicyclic) bond motifs is 1. The van der Waals surface area contributed by atoms with Gasteiger partial charge >= 0.3 is 6.18 Å². The van der Waals surface area contributed by atoms with Gasteiger partial charge in [0, 0.05) is 36.8 Å². The van der Waals surface area contributed by atoms with Crippen LogP contribution in [0.2, 0.25) is 0 Å². The van der Waals surface area contributed by atoms with Crippen LogP contribution in [-0.4, -0.2) is 36.1 Å². The van der Waals surface area contributed by atoms with Crippen molar-refractivity contribution in [1.82, 2.24) is 29.5 Å². The lowest BCUT2D eigenvalue weighted by Crippen LogP contribution is -2.34. The van der Waals surface area contributed by atoms with Crippen LogP contribution in [0.15, 0.2) is 78.5 Å². The van der Waals surface area contributed by atoms with E-state index in [4.69, 9.17) is 0 Å². The van der Waals surface area contributed by atoms with Gasteiger partial charge in [0.25, 0.3) is 5.91 Å². The molecule has 0 saturated carbocycles. The number of rotatable bonds is 4. The first kappa shape index (κ1) is 24.8. The van der Waals surface area contributed by atoms with Crippen molar-refractivity contribution in [3.05, 3.63) is 95.4 Å². The predicted octanol–water partition coefficient (Wildman–Crippen LogP) is 4.65. The van der Waals surface area contributed by atoms with Crippen molar-refractivity contribution < 1.29 is 18.0 Å². The Balaban J connectivity index is 1.35. The molecular formula is C27H22F3N7O. The van der Waals surface area contributed by atoms with Gasteiger partial charge in [-0.05, 0) is 49.1 Å². The van der Waals surface area contributed by atoms with Crippen molar-refractivity contribution in [3.63, 3.8) is 0 Å². The topological polar surface area (TPSA) is 89.1 Å². The molecule has 0 bridgehead atoms. The molecule has 1 aromatic carbocycles. The van der Waals surface area contributed by atoms with Crippen LogP contribution in [0.4, 0.5) is 24.7 Å². The van der Waals surface area contributed by atoms with E-state index in [1.165, 1.54) is 12.1 Å². The van der Waals surface area contributed by atoms with Gasteiger partial charge in [-0.3, -0.25) is 13.9 Å². The van der Waals surface area contributed by atoms with Gasteiger partial charge in [0.2, 0.25) is 0 Å². The van der Waals surface area contributed by atoms with E-state index in [0.29, 0.717) is 29.2 Å². The van der Waals surface area contributed by atoms with Gasteiger partial charge in [0.05, 0.1) is 29.7 Å². The number of carbonyl (C=O) groups excluding carboxylic acids is 1. The van der Waals surface area contributed by atoms with Gasteiger partial charge in [0.1, 0.15) is 5.69 Å². The first-order valence-electron chi connectivity index (χ1n) is 11.6. The van der Waals surface area contributed by atoms with Crippen LogP contribution in [0.1, 0.15) is 35.0 Å². The van der Waals surface area contributed by atoms with Crippen molar-refractivity contribution in [2.24, 2.45) is 7.05 Å². The van der Waals surface area contributed by atoms with Crippen molar-refractivity contribution in [2.45, 2.75) is 25.6 Å². The number of benzene rings is 1. The summed E-state index contributed by atoms with van der Waals surface area (Å²) in [6.45, 7) is 1.92. The van der Waals surface area contributed by atoms with Crippen LogP contribution in [0, 0.1) is 11.8 Å². The van der Waals surface area contributed by atoms with Gasteiger partial charge in [-0.1, -0.05) is 18.1 Å². The summed E-state index contributed by atoms with van der Waals surface area (Å²) < 4.78 is 42.6. The van der Waals surface area contributed by atoms with E-state index >= 15 is 0 Å². The molecule has 0 aliphatic heterocycles. The molecule has 8 nitrogen and oxygen atoms in total. The molecule has 5 rings (SSSR count).